The Hall–Kier alpha value is -2.29. The van der Waals surface area contributed by atoms with Gasteiger partial charge < -0.3 is 14.8 Å². The van der Waals surface area contributed by atoms with Crippen molar-refractivity contribution in [3.05, 3.63) is 47.5 Å². The third-order valence-electron chi connectivity index (χ3n) is 3.72. The Bertz CT molecular complexity index is 916. The van der Waals surface area contributed by atoms with Gasteiger partial charge in [-0.05, 0) is 50.2 Å². The van der Waals surface area contributed by atoms with Gasteiger partial charge in [-0.1, -0.05) is 11.6 Å². The Balaban J connectivity index is 2.08. The summed E-state index contributed by atoms with van der Waals surface area (Å²) in [5.41, 5.74) is 0.481. The first-order chi connectivity index (χ1) is 13.3. The number of anilines is 1. The summed E-state index contributed by atoms with van der Waals surface area (Å²) in [6.07, 6.45) is 0. The monoisotopic (exact) mass is 426 g/mol. The molecule has 2 aromatic carbocycles. The number of hydrogen-bond acceptors (Lipinski definition) is 5. The number of sulfonamides is 1. The number of carbonyl (C=O) groups is 1. The average Bonchev–Trinajstić information content (AvgIpc) is 2.64. The van der Waals surface area contributed by atoms with Crippen LogP contribution in [0.2, 0.25) is 5.02 Å². The van der Waals surface area contributed by atoms with Crippen LogP contribution in [0.15, 0.2) is 47.4 Å². The van der Waals surface area contributed by atoms with Crippen molar-refractivity contribution >= 4 is 33.2 Å². The third-order valence-corrected chi connectivity index (χ3v) is 5.78. The van der Waals surface area contributed by atoms with E-state index in [0.29, 0.717) is 35.4 Å². The van der Waals surface area contributed by atoms with Crippen molar-refractivity contribution in [2.45, 2.75) is 18.7 Å². The molecule has 0 spiro atoms. The van der Waals surface area contributed by atoms with E-state index >= 15 is 0 Å². The largest absolute Gasteiger partial charge is 0.490 e. The van der Waals surface area contributed by atoms with Gasteiger partial charge in [0.25, 0.3) is 0 Å². The highest BCUT2D eigenvalue weighted by Gasteiger charge is 2.23. The molecule has 0 heterocycles. The van der Waals surface area contributed by atoms with Gasteiger partial charge in [0.1, 0.15) is 0 Å². The van der Waals surface area contributed by atoms with Crippen LogP contribution in [0.4, 0.5) is 5.69 Å². The second-order valence-electron chi connectivity index (χ2n) is 5.79. The standard InChI is InChI=1S/C19H23ClN2O5S/c1-4-26-17-11-8-15(12-18(17)27-5-2)21-19(23)13-22(3)28(24,25)16-9-6-14(20)7-10-16/h6-12H,4-5,13H2,1-3H3,(H,21,23). The number of halogens is 1. The van der Waals surface area contributed by atoms with E-state index in [9.17, 15) is 13.2 Å². The third kappa shape index (κ3) is 5.60. The van der Waals surface area contributed by atoms with Crippen LogP contribution in [-0.4, -0.2) is 45.4 Å². The van der Waals surface area contributed by atoms with Gasteiger partial charge in [-0.2, -0.15) is 4.31 Å². The molecule has 1 N–H and O–H groups in total. The number of likely N-dealkylation sites (N-methyl/N-ethyl adjacent to an activating group) is 1. The number of rotatable bonds is 9. The molecule has 152 valence electrons. The Kier molecular flexibility index (Phi) is 7.68. The summed E-state index contributed by atoms with van der Waals surface area (Å²) in [5, 5.41) is 3.10. The number of ether oxygens (including phenoxy) is 2. The van der Waals surface area contributed by atoms with Crippen LogP contribution < -0.4 is 14.8 Å². The van der Waals surface area contributed by atoms with Crippen LogP contribution in [-0.2, 0) is 14.8 Å². The average molecular weight is 427 g/mol. The molecule has 28 heavy (non-hydrogen) atoms. The molecular formula is C19H23ClN2O5S. The normalized spacial score (nSPS) is 11.3. The van der Waals surface area contributed by atoms with Gasteiger partial charge >= 0.3 is 0 Å². The Morgan fingerprint density at radius 2 is 1.64 bits per heavy atom. The summed E-state index contributed by atoms with van der Waals surface area (Å²) >= 11 is 5.79. The van der Waals surface area contributed by atoms with Gasteiger partial charge in [-0.15, -0.1) is 0 Å². The maximum Gasteiger partial charge on any atom is 0.243 e. The topological polar surface area (TPSA) is 84.9 Å². The van der Waals surface area contributed by atoms with Crippen molar-refractivity contribution in [3.63, 3.8) is 0 Å². The smallest absolute Gasteiger partial charge is 0.243 e. The fourth-order valence-corrected chi connectivity index (χ4v) is 3.66. The molecule has 1 amide bonds. The van der Waals surface area contributed by atoms with E-state index in [1.54, 1.807) is 18.2 Å². The zero-order valence-electron chi connectivity index (χ0n) is 15.9. The SMILES string of the molecule is CCOc1ccc(NC(=O)CN(C)S(=O)(=O)c2ccc(Cl)cc2)cc1OCC. The summed E-state index contributed by atoms with van der Waals surface area (Å²) in [6, 6.07) is 10.8. The molecule has 0 saturated heterocycles. The lowest BCUT2D eigenvalue weighted by atomic mass is 10.2. The Labute approximate surface area is 170 Å². The Morgan fingerprint density at radius 3 is 2.25 bits per heavy atom. The van der Waals surface area contributed by atoms with Gasteiger partial charge in [0.2, 0.25) is 15.9 Å². The van der Waals surface area contributed by atoms with Crippen molar-refractivity contribution < 1.29 is 22.7 Å². The molecule has 7 nitrogen and oxygen atoms in total. The van der Waals surface area contributed by atoms with Gasteiger partial charge in [-0.25, -0.2) is 8.42 Å². The molecule has 0 fully saturated rings. The fourth-order valence-electron chi connectivity index (χ4n) is 2.40. The van der Waals surface area contributed by atoms with Crippen LogP contribution in [0.25, 0.3) is 0 Å². The van der Waals surface area contributed by atoms with E-state index in [-0.39, 0.29) is 11.4 Å². The number of nitrogens with one attached hydrogen (secondary N) is 1. The van der Waals surface area contributed by atoms with Crippen LogP contribution in [0, 0.1) is 0 Å². The minimum atomic E-state index is -3.80. The predicted octanol–water partition coefficient (Wildman–Crippen LogP) is 3.40. The second-order valence-corrected chi connectivity index (χ2v) is 8.27. The molecule has 0 radical (unpaired) electrons. The molecular weight excluding hydrogens is 404 g/mol. The molecule has 2 rings (SSSR count). The predicted molar refractivity (Wildman–Crippen MR) is 109 cm³/mol. The zero-order chi connectivity index (χ0) is 20.7. The van der Waals surface area contributed by atoms with Gasteiger partial charge in [0.15, 0.2) is 11.5 Å². The molecule has 0 atom stereocenters. The molecule has 0 aliphatic carbocycles. The molecule has 0 unspecified atom stereocenters. The maximum atomic E-state index is 12.6. The van der Waals surface area contributed by atoms with Crippen molar-refractivity contribution in [2.24, 2.45) is 0 Å². The molecule has 0 aliphatic heterocycles. The van der Waals surface area contributed by atoms with E-state index in [4.69, 9.17) is 21.1 Å². The lowest BCUT2D eigenvalue weighted by Gasteiger charge is -2.17. The molecule has 0 aromatic heterocycles. The molecule has 9 heteroatoms. The lowest BCUT2D eigenvalue weighted by molar-refractivity contribution is -0.116. The first-order valence-corrected chi connectivity index (χ1v) is 10.5. The van der Waals surface area contributed by atoms with Gasteiger partial charge in [0, 0.05) is 23.8 Å². The van der Waals surface area contributed by atoms with Gasteiger partial charge in [-0.3, -0.25) is 4.79 Å². The minimum absolute atomic E-state index is 0.0619. The fraction of sp³-hybridized carbons (Fsp3) is 0.316. The number of nitrogens with zero attached hydrogens (tertiary/aromatic N) is 1. The highest BCUT2D eigenvalue weighted by Crippen LogP contribution is 2.30. The van der Waals surface area contributed by atoms with Crippen LogP contribution >= 0.6 is 11.6 Å². The first kappa shape index (κ1) is 22.0. The van der Waals surface area contributed by atoms with Gasteiger partial charge in [0.05, 0.1) is 24.7 Å². The molecule has 0 saturated carbocycles. The number of hydrogen-bond donors (Lipinski definition) is 1. The van der Waals surface area contributed by atoms with E-state index in [0.717, 1.165) is 4.31 Å². The first-order valence-electron chi connectivity index (χ1n) is 8.69. The number of carbonyl (C=O) groups excluding carboxylic acids is 1. The summed E-state index contributed by atoms with van der Waals surface area (Å²) < 4.78 is 37.1. The van der Waals surface area contributed by atoms with Crippen molar-refractivity contribution in [1.29, 1.82) is 0 Å². The number of benzene rings is 2. The highest BCUT2D eigenvalue weighted by molar-refractivity contribution is 7.89. The Morgan fingerprint density at radius 1 is 1.04 bits per heavy atom. The summed E-state index contributed by atoms with van der Waals surface area (Å²) in [7, 11) is -2.46. The van der Waals surface area contributed by atoms with E-state index in [1.165, 1.54) is 31.3 Å². The van der Waals surface area contributed by atoms with E-state index in [1.807, 2.05) is 13.8 Å². The van der Waals surface area contributed by atoms with Crippen LogP contribution in [0.1, 0.15) is 13.8 Å². The van der Waals surface area contributed by atoms with E-state index in [2.05, 4.69) is 5.32 Å². The van der Waals surface area contributed by atoms with Crippen LogP contribution in [0.5, 0.6) is 11.5 Å². The summed E-state index contributed by atoms with van der Waals surface area (Å²) in [5.74, 6) is 0.598. The molecule has 0 bridgehead atoms. The van der Waals surface area contributed by atoms with Crippen molar-refractivity contribution in [3.8, 4) is 11.5 Å². The minimum Gasteiger partial charge on any atom is -0.490 e. The quantitative estimate of drug-likeness (QED) is 0.664. The number of amides is 1. The highest BCUT2D eigenvalue weighted by atomic mass is 35.5. The summed E-state index contributed by atoms with van der Waals surface area (Å²) in [4.78, 5) is 12.4. The van der Waals surface area contributed by atoms with E-state index < -0.39 is 15.9 Å². The van der Waals surface area contributed by atoms with Crippen LogP contribution in [0.3, 0.4) is 0 Å². The zero-order valence-corrected chi connectivity index (χ0v) is 17.5. The molecule has 0 aliphatic rings. The van der Waals surface area contributed by atoms with Crippen molar-refractivity contribution in [1.82, 2.24) is 4.31 Å². The van der Waals surface area contributed by atoms with Crippen molar-refractivity contribution in [2.75, 3.05) is 32.1 Å². The molecule has 2 aromatic rings. The maximum absolute atomic E-state index is 12.6. The second kappa shape index (κ2) is 9.77. The lowest BCUT2D eigenvalue weighted by Crippen LogP contribution is -2.34. The summed E-state index contributed by atoms with van der Waals surface area (Å²) in [6.45, 7) is 4.29.